The molecule has 1 aromatic carbocycles. The van der Waals surface area contributed by atoms with E-state index in [2.05, 4.69) is 26.2 Å². The first-order valence-corrected chi connectivity index (χ1v) is 7.37. The van der Waals surface area contributed by atoms with Crippen LogP contribution in [0.5, 0.6) is 5.75 Å². The van der Waals surface area contributed by atoms with Crippen LogP contribution in [-0.2, 0) is 0 Å². The number of aryl methyl sites for hydroxylation is 1. The van der Waals surface area contributed by atoms with Crippen molar-refractivity contribution in [3.8, 4) is 5.75 Å². The molecule has 0 aliphatic heterocycles. The maximum Gasteiger partial charge on any atom is 0.270 e. The molecule has 0 bridgehead atoms. The quantitative estimate of drug-likeness (QED) is 0.917. The van der Waals surface area contributed by atoms with E-state index in [9.17, 15) is 4.79 Å². The van der Waals surface area contributed by atoms with Crippen molar-refractivity contribution in [2.24, 2.45) is 0 Å². The van der Waals surface area contributed by atoms with Crippen molar-refractivity contribution < 1.29 is 9.53 Å². The van der Waals surface area contributed by atoms with Gasteiger partial charge in [-0.15, -0.1) is 0 Å². The molecule has 0 radical (unpaired) electrons. The first-order chi connectivity index (χ1) is 10.0. The van der Waals surface area contributed by atoms with E-state index in [1.807, 2.05) is 32.0 Å². The van der Waals surface area contributed by atoms with Gasteiger partial charge in [0, 0.05) is 16.2 Å². The maximum absolute atomic E-state index is 12.2. The Labute approximate surface area is 132 Å². The third-order valence-corrected chi connectivity index (χ3v) is 3.63. The number of aromatic nitrogens is 1. The van der Waals surface area contributed by atoms with Crippen LogP contribution in [0.2, 0.25) is 0 Å². The number of pyridine rings is 1. The molecule has 5 heteroatoms. The highest BCUT2D eigenvalue weighted by atomic mass is 79.9. The van der Waals surface area contributed by atoms with Gasteiger partial charge < -0.3 is 10.1 Å². The maximum atomic E-state index is 12.2. The largest absolute Gasteiger partial charge is 0.496 e. The first kappa shape index (κ1) is 15.5. The van der Waals surface area contributed by atoms with Crippen molar-refractivity contribution in [1.82, 2.24) is 10.3 Å². The van der Waals surface area contributed by atoms with Gasteiger partial charge in [-0.1, -0.05) is 17.7 Å². The van der Waals surface area contributed by atoms with Crippen LogP contribution in [0.3, 0.4) is 0 Å². The molecular weight excluding hydrogens is 332 g/mol. The fourth-order valence-corrected chi connectivity index (χ4v) is 2.29. The van der Waals surface area contributed by atoms with Gasteiger partial charge in [0.2, 0.25) is 0 Å². The molecule has 0 aliphatic carbocycles. The average Bonchev–Trinajstić information content (AvgIpc) is 2.47. The third-order valence-electron chi connectivity index (χ3n) is 3.16. The molecule has 0 saturated heterocycles. The molecule has 1 amide bonds. The summed E-state index contributed by atoms with van der Waals surface area (Å²) < 4.78 is 6.19. The normalized spacial score (nSPS) is 11.8. The first-order valence-electron chi connectivity index (χ1n) is 6.58. The van der Waals surface area contributed by atoms with E-state index < -0.39 is 0 Å². The van der Waals surface area contributed by atoms with Crippen molar-refractivity contribution in [2.45, 2.75) is 19.9 Å². The van der Waals surface area contributed by atoms with E-state index in [1.165, 1.54) is 0 Å². The van der Waals surface area contributed by atoms with Gasteiger partial charge in [-0.05, 0) is 48.0 Å². The number of halogens is 1. The number of benzene rings is 1. The molecule has 0 saturated carbocycles. The van der Waals surface area contributed by atoms with Crippen molar-refractivity contribution in [1.29, 1.82) is 0 Å². The minimum atomic E-state index is -0.210. The Bertz CT molecular complexity index is 641. The lowest BCUT2D eigenvalue weighted by atomic mass is 10.0. The van der Waals surface area contributed by atoms with Crippen LogP contribution < -0.4 is 10.1 Å². The number of carbonyl (C=O) groups excluding carboxylic acids is 1. The molecular formula is C16H17BrN2O2. The SMILES string of the molecule is COc1ccc(C)cc1C(C)NC(=O)c1ccc(Br)cn1. The summed E-state index contributed by atoms with van der Waals surface area (Å²) in [6.45, 7) is 3.93. The summed E-state index contributed by atoms with van der Waals surface area (Å²) in [6, 6.07) is 9.20. The molecule has 0 spiro atoms. The topological polar surface area (TPSA) is 51.2 Å². The number of hydrogen-bond donors (Lipinski definition) is 1. The average molecular weight is 349 g/mol. The van der Waals surface area contributed by atoms with Gasteiger partial charge in [-0.25, -0.2) is 4.98 Å². The van der Waals surface area contributed by atoms with Crippen LogP contribution in [0.25, 0.3) is 0 Å². The van der Waals surface area contributed by atoms with E-state index in [0.717, 1.165) is 21.3 Å². The second-order valence-corrected chi connectivity index (χ2v) is 5.72. The van der Waals surface area contributed by atoms with E-state index >= 15 is 0 Å². The second kappa shape index (κ2) is 6.72. The number of amides is 1. The van der Waals surface area contributed by atoms with Crippen molar-refractivity contribution in [2.75, 3.05) is 7.11 Å². The third kappa shape index (κ3) is 3.82. The molecule has 0 aliphatic rings. The van der Waals surface area contributed by atoms with Gasteiger partial charge >= 0.3 is 0 Å². The smallest absolute Gasteiger partial charge is 0.270 e. The van der Waals surface area contributed by atoms with Crippen molar-refractivity contribution in [3.05, 3.63) is 57.8 Å². The second-order valence-electron chi connectivity index (χ2n) is 4.80. The molecule has 2 aromatic rings. The Kier molecular flexibility index (Phi) is 4.96. The highest BCUT2D eigenvalue weighted by molar-refractivity contribution is 9.10. The van der Waals surface area contributed by atoms with Crippen LogP contribution in [0.1, 0.15) is 34.6 Å². The molecule has 1 unspecified atom stereocenters. The zero-order valence-electron chi connectivity index (χ0n) is 12.2. The fraction of sp³-hybridized carbons (Fsp3) is 0.250. The van der Waals surface area contributed by atoms with E-state index in [4.69, 9.17) is 4.74 Å². The van der Waals surface area contributed by atoms with Crippen molar-refractivity contribution >= 4 is 21.8 Å². The van der Waals surface area contributed by atoms with Gasteiger partial charge in [0.25, 0.3) is 5.91 Å². The van der Waals surface area contributed by atoms with Crippen LogP contribution in [0.4, 0.5) is 0 Å². The zero-order valence-corrected chi connectivity index (χ0v) is 13.8. The molecule has 4 nitrogen and oxygen atoms in total. The summed E-state index contributed by atoms with van der Waals surface area (Å²) >= 11 is 3.30. The molecule has 1 N–H and O–H groups in total. The minimum absolute atomic E-state index is 0.169. The Morgan fingerprint density at radius 3 is 2.71 bits per heavy atom. The van der Waals surface area contributed by atoms with Crippen LogP contribution >= 0.6 is 15.9 Å². The Hall–Kier alpha value is -1.88. The number of carbonyl (C=O) groups is 1. The van der Waals surface area contributed by atoms with Gasteiger partial charge in [0.05, 0.1) is 13.2 Å². The van der Waals surface area contributed by atoms with Gasteiger partial charge in [-0.3, -0.25) is 4.79 Å². The lowest BCUT2D eigenvalue weighted by Crippen LogP contribution is -2.27. The van der Waals surface area contributed by atoms with E-state index in [-0.39, 0.29) is 11.9 Å². The number of nitrogens with one attached hydrogen (secondary N) is 1. The highest BCUT2D eigenvalue weighted by Gasteiger charge is 2.16. The van der Waals surface area contributed by atoms with Gasteiger partial charge in [0.15, 0.2) is 0 Å². The molecule has 1 heterocycles. The van der Waals surface area contributed by atoms with E-state index in [0.29, 0.717) is 5.69 Å². The standard InChI is InChI=1S/C16H17BrN2O2/c1-10-4-7-15(21-3)13(8-10)11(2)19-16(20)14-6-5-12(17)9-18-14/h4-9,11H,1-3H3,(H,19,20). The van der Waals surface area contributed by atoms with Crippen LogP contribution in [0, 0.1) is 6.92 Å². The number of hydrogen-bond acceptors (Lipinski definition) is 3. The van der Waals surface area contributed by atoms with Crippen molar-refractivity contribution in [3.63, 3.8) is 0 Å². The highest BCUT2D eigenvalue weighted by Crippen LogP contribution is 2.26. The molecule has 2 rings (SSSR count). The summed E-state index contributed by atoms with van der Waals surface area (Å²) in [4.78, 5) is 16.3. The Morgan fingerprint density at radius 1 is 1.33 bits per heavy atom. The van der Waals surface area contributed by atoms with Gasteiger partial charge in [-0.2, -0.15) is 0 Å². The van der Waals surface area contributed by atoms with E-state index in [1.54, 1.807) is 25.4 Å². The summed E-state index contributed by atoms with van der Waals surface area (Å²) in [5, 5.41) is 2.94. The summed E-state index contributed by atoms with van der Waals surface area (Å²) in [7, 11) is 1.62. The molecule has 1 atom stereocenters. The predicted octanol–water partition coefficient (Wildman–Crippen LogP) is 3.65. The lowest BCUT2D eigenvalue weighted by molar-refractivity contribution is 0.0934. The minimum Gasteiger partial charge on any atom is -0.496 e. The summed E-state index contributed by atoms with van der Waals surface area (Å²) in [5.41, 5.74) is 2.45. The molecule has 0 fully saturated rings. The van der Waals surface area contributed by atoms with Gasteiger partial charge in [0.1, 0.15) is 11.4 Å². The fourth-order valence-electron chi connectivity index (χ4n) is 2.05. The number of rotatable bonds is 4. The Balaban J connectivity index is 2.17. The number of methoxy groups -OCH3 is 1. The summed E-state index contributed by atoms with van der Waals surface area (Å²) in [6.07, 6.45) is 1.60. The van der Waals surface area contributed by atoms with Crippen LogP contribution in [0.15, 0.2) is 41.0 Å². The zero-order chi connectivity index (χ0) is 15.4. The number of ether oxygens (including phenoxy) is 1. The lowest BCUT2D eigenvalue weighted by Gasteiger charge is -2.17. The molecule has 1 aromatic heterocycles. The van der Waals surface area contributed by atoms with Crippen LogP contribution in [-0.4, -0.2) is 18.0 Å². The molecule has 110 valence electrons. The Morgan fingerprint density at radius 2 is 2.10 bits per heavy atom. The summed E-state index contributed by atoms with van der Waals surface area (Å²) in [5.74, 6) is 0.552. The molecule has 21 heavy (non-hydrogen) atoms. The monoisotopic (exact) mass is 348 g/mol. The number of nitrogens with zero attached hydrogens (tertiary/aromatic N) is 1. The predicted molar refractivity (Wildman–Crippen MR) is 85.5 cm³/mol.